The molecular weight excluding hydrogens is 170 g/mol. The number of aliphatic hydroxyl groups excluding tert-OH is 1. The van der Waals surface area contributed by atoms with Crippen molar-refractivity contribution in [3.8, 4) is 0 Å². The van der Waals surface area contributed by atoms with Gasteiger partial charge in [-0.25, -0.2) is 9.48 Å². The molecule has 0 aliphatic carbocycles. The number of hydrogen-bond donors (Lipinski definition) is 1. The fourth-order valence-corrected chi connectivity index (χ4v) is 1.22. The Bertz CT molecular complexity index is 471. The van der Waals surface area contributed by atoms with Gasteiger partial charge in [-0.15, -0.1) is 0 Å². The standard InChI is InChI=1S/C8H9N3O2/c12-5-4-11-8(13)10-3-1-2-7(10)6-9-11/h1-3,6,12H,4-5H2. The molecule has 5 nitrogen and oxygen atoms in total. The quantitative estimate of drug-likeness (QED) is 0.675. The van der Waals surface area contributed by atoms with Crippen LogP contribution in [0.15, 0.2) is 29.3 Å². The van der Waals surface area contributed by atoms with Crippen LogP contribution in [-0.2, 0) is 6.54 Å². The van der Waals surface area contributed by atoms with Crippen molar-refractivity contribution in [3.05, 3.63) is 35.0 Å². The number of aliphatic hydroxyl groups is 1. The second kappa shape index (κ2) is 3.02. The van der Waals surface area contributed by atoms with E-state index < -0.39 is 0 Å². The zero-order valence-corrected chi connectivity index (χ0v) is 6.92. The molecule has 0 bridgehead atoms. The van der Waals surface area contributed by atoms with Crippen molar-refractivity contribution < 1.29 is 5.11 Å². The summed E-state index contributed by atoms with van der Waals surface area (Å²) in [5, 5.41) is 12.5. The fourth-order valence-electron chi connectivity index (χ4n) is 1.22. The third-order valence-corrected chi connectivity index (χ3v) is 1.85. The van der Waals surface area contributed by atoms with Gasteiger partial charge in [0, 0.05) is 6.20 Å². The van der Waals surface area contributed by atoms with E-state index >= 15 is 0 Å². The maximum Gasteiger partial charge on any atom is 0.349 e. The van der Waals surface area contributed by atoms with Crippen LogP contribution in [0.1, 0.15) is 0 Å². The highest BCUT2D eigenvalue weighted by atomic mass is 16.3. The monoisotopic (exact) mass is 179 g/mol. The SMILES string of the molecule is O=c1n(CCO)ncc2cccn12. The number of fused-ring (bicyclic) bond motifs is 1. The van der Waals surface area contributed by atoms with Gasteiger partial charge in [0.05, 0.1) is 24.9 Å². The third kappa shape index (κ3) is 1.23. The molecule has 0 amide bonds. The second-order valence-corrected chi connectivity index (χ2v) is 2.68. The normalized spacial score (nSPS) is 10.8. The van der Waals surface area contributed by atoms with Gasteiger partial charge in [0.15, 0.2) is 0 Å². The highest BCUT2D eigenvalue weighted by molar-refractivity contribution is 5.43. The topological polar surface area (TPSA) is 59.5 Å². The molecule has 2 rings (SSSR count). The molecular formula is C8H9N3O2. The maximum absolute atomic E-state index is 11.5. The molecule has 0 saturated carbocycles. The molecule has 1 N–H and O–H groups in total. The lowest BCUT2D eigenvalue weighted by Crippen LogP contribution is -2.29. The molecule has 0 radical (unpaired) electrons. The Hall–Kier alpha value is -1.62. The van der Waals surface area contributed by atoms with E-state index in [-0.39, 0.29) is 18.8 Å². The molecule has 2 aromatic heterocycles. The summed E-state index contributed by atoms with van der Waals surface area (Å²) in [6.45, 7) is 0.145. The lowest BCUT2D eigenvalue weighted by molar-refractivity contribution is 0.264. The van der Waals surface area contributed by atoms with Gasteiger partial charge in [-0.3, -0.25) is 4.40 Å². The number of hydrogen-bond acceptors (Lipinski definition) is 3. The van der Waals surface area contributed by atoms with E-state index in [1.807, 2.05) is 0 Å². The van der Waals surface area contributed by atoms with Gasteiger partial charge < -0.3 is 5.11 Å². The van der Waals surface area contributed by atoms with Crippen LogP contribution in [0.3, 0.4) is 0 Å². The van der Waals surface area contributed by atoms with Crippen LogP contribution in [0.4, 0.5) is 0 Å². The van der Waals surface area contributed by atoms with Crippen LogP contribution in [0.5, 0.6) is 0 Å². The summed E-state index contributed by atoms with van der Waals surface area (Å²) in [6.07, 6.45) is 3.27. The van der Waals surface area contributed by atoms with Crippen molar-refractivity contribution in [2.75, 3.05) is 6.61 Å². The zero-order chi connectivity index (χ0) is 9.26. The Balaban J connectivity index is 2.67. The Labute approximate surface area is 73.9 Å². The first-order valence-electron chi connectivity index (χ1n) is 3.97. The smallest absolute Gasteiger partial charge is 0.349 e. The number of aromatic nitrogens is 3. The van der Waals surface area contributed by atoms with Crippen molar-refractivity contribution in [2.24, 2.45) is 0 Å². The predicted molar refractivity (Wildman–Crippen MR) is 46.5 cm³/mol. The first-order chi connectivity index (χ1) is 6.33. The first kappa shape index (κ1) is 8.00. The van der Waals surface area contributed by atoms with Crippen molar-refractivity contribution in [1.82, 2.24) is 14.2 Å². The molecule has 5 heteroatoms. The van der Waals surface area contributed by atoms with Crippen molar-refractivity contribution >= 4 is 5.52 Å². The third-order valence-electron chi connectivity index (χ3n) is 1.85. The fraction of sp³-hybridized carbons (Fsp3) is 0.250. The Morgan fingerprint density at radius 1 is 1.54 bits per heavy atom. The minimum atomic E-state index is -0.225. The molecule has 2 heterocycles. The molecule has 0 fully saturated rings. The summed E-state index contributed by atoms with van der Waals surface area (Å²) in [5.74, 6) is 0. The van der Waals surface area contributed by atoms with E-state index in [1.54, 1.807) is 24.5 Å². The maximum atomic E-state index is 11.5. The van der Waals surface area contributed by atoms with Gasteiger partial charge in [-0.2, -0.15) is 5.10 Å². The molecule has 0 atom stereocenters. The van der Waals surface area contributed by atoms with Crippen LogP contribution in [0.2, 0.25) is 0 Å². The van der Waals surface area contributed by atoms with Crippen molar-refractivity contribution in [3.63, 3.8) is 0 Å². The lowest BCUT2D eigenvalue weighted by Gasteiger charge is -2.01. The second-order valence-electron chi connectivity index (χ2n) is 2.68. The molecule has 0 aromatic carbocycles. The van der Waals surface area contributed by atoms with E-state index in [0.717, 1.165) is 5.52 Å². The van der Waals surface area contributed by atoms with E-state index in [4.69, 9.17) is 5.11 Å². The molecule has 0 aliphatic heterocycles. The number of rotatable bonds is 2. The van der Waals surface area contributed by atoms with Crippen molar-refractivity contribution in [1.29, 1.82) is 0 Å². The number of nitrogens with zero attached hydrogens (tertiary/aromatic N) is 3. The average Bonchev–Trinajstić information content (AvgIpc) is 2.58. The Morgan fingerprint density at radius 3 is 3.15 bits per heavy atom. The van der Waals surface area contributed by atoms with Gasteiger partial charge >= 0.3 is 5.69 Å². The summed E-state index contributed by atoms with van der Waals surface area (Å²) in [6, 6.07) is 3.58. The molecule has 68 valence electrons. The highest BCUT2D eigenvalue weighted by Crippen LogP contribution is 1.96. The van der Waals surface area contributed by atoms with Crippen LogP contribution < -0.4 is 5.69 Å². The first-order valence-corrected chi connectivity index (χ1v) is 3.97. The molecule has 2 aromatic rings. The van der Waals surface area contributed by atoms with Crippen LogP contribution >= 0.6 is 0 Å². The summed E-state index contributed by atoms with van der Waals surface area (Å²) in [4.78, 5) is 11.5. The van der Waals surface area contributed by atoms with Crippen LogP contribution in [-0.4, -0.2) is 25.9 Å². The van der Waals surface area contributed by atoms with Gasteiger partial charge in [-0.05, 0) is 12.1 Å². The summed E-state index contributed by atoms with van der Waals surface area (Å²) in [5.41, 5.74) is 0.538. The van der Waals surface area contributed by atoms with Crippen LogP contribution in [0, 0.1) is 0 Å². The van der Waals surface area contributed by atoms with E-state index in [9.17, 15) is 4.79 Å². The van der Waals surface area contributed by atoms with E-state index in [1.165, 1.54) is 9.08 Å². The molecule has 13 heavy (non-hydrogen) atoms. The molecule has 0 aliphatic rings. The largest absolute Gasteiger partial charge is 0.394 e. The molecule has 0 spiro atoms. The van der Waals surface area contributed by atoms with Crippen molar-refractivity contribution in [2.45, 2.75) is 6.54 Å². The molecule has 0 unspecified atom stereocenters. The van der Waals surface area contributed by atoms with Gasteiger partial charge in [0.1, 0.15) is 0 Å². The minimum Gasteiger partial charge on any atom is -0.394 e. The summed E-state index contributed by atoms with van der Waals surface area (Å²) >= 11 is 0. The molecule has 0 saturated heterocycles. The van der Waals surface area contributed by atoms with Gasteiger partial charge in [0.2, 0.25) is 0 Å². The summed E-state index contributed by atoms with van der Waals surface area (Å²) < 4.78 is 2.72. The van der Waals surface area contributed by atoms with Gasteiger partial charge in [-0.1, -0.05) is 0 Å². The highest BCUT2D eigenvalue weighted by Gasteiger charge is 2.00. The zero-order valence-electron chi connectivity index (χ0n) is 6.92. The minimum absolute atomic E-state index is 0.0836. The van der Waals surface area contributed by atoms with Gasteiger partial charge in [0.25, 0.3) is 0 Å². The van der Waals surface area contributed by atoms with E-state index in [2.05, 4.69) is 5.10 Å². The lowest BCUT2D eigenvalue weighted by atomic mass is 10.5. The van der Waals surface area contributed by atoms with E-state index in [0.29, 0.717) is 0 Å². The Morgan fingerprint density at radius 2 is 2.38 bits per heavy atom. The van der Waals surface area contributed by atoms with Crippen LogP contribution in [0.25, 0.3) is 5.52 Å². The predicted octanol–water partition coefficient (Wildman–Crippen LogP) is -0.512. The Kier molecular flexibility index (Phi) is 1.86. The summed E-state index contributed by atoms with van der Waals surface area (Å²) in [7, 11) is 0. The average molecular weight is 179 g/mol.